The summed E-state index contributed by atoms with van der Waals surface area (Å²) in [5.41, 5.74) is 4.34. The van der Waals surface area contributed by atoms with Crippen molar-refractivity contribution in [1.29, 1.82) is 0 Å². The Bertz CT molecular complexity index is 1660. The number of ether oxygens (including phenoxy) is 1. The van der Waals surface area contributed by atoms with Crippen LogP contribution in [-0.2, 0) is 16.8 Å². The van der Waals surface area contributed by atoms with Gasteiger partial charge in [0.05, 0.1) is 23.9 Å². The van der Waals surface area contributed by atoms with Crippen LogP contribution in [-0.4, -0.2) is 38.5 Å². The van der Waals surface area contributed by atoms with Crippen molar-refractivity contribution in [2.24, 2.45) is 0 Å². The van der Waals surface area contributed by atoms with Gasteiger partial charge in [-0.2, -0.15) is 5.10 Å². The van der Waals surface area contributed by atoms with E-state index in [1.54, 1.807) is 19.2 Å². The molecule has 0 unspecified atom stereocenters. The predicted molar refractivity (Wildman–Crippen MR) is 166 cm³/mol. The lowest BCUT2D eigenvalue weighted by molar-refractivity contribution is 0.0526. The molecule has 6 aromatic rings. The van der Waals surface area contributed by atoms with Gasteiger partial charge in [-0.3, -0.25) is 9.25 Å². The molecule has 6 rings (SSSR count). The molecular formula is C35H33N5O2. The average Bonchev–Trinajstić information content (AvgIpc) is 3.68. The van der Waals surface area contributed by atoms with Crippen molar-refractivity contribution in [1.82, 2.24) is 19.3 Å². The molecule has 42 heavy (non-hydrogen) atoms. The number of hydrogen-bond acceptors (Lipinski definition) is 5. The van der Waals surface area contributed by atoms with Crippen molar-refractivity contribution in [3.05, 3.63) is 150 Å². The first-order valence-corrected chi connectivity index (χ1v) is 14.3. The van der Waals surface area contributed by atoms with Crippen LogP contribution in [0, 0.1) is 0 Å². The zero-order valence-corrected chi connectivity index (χ0v) is 23.6. The van der Waals surface area contributed by atoms with Crippen LogP contribution in [0.25, 0.3) is 10.9 Å². The molecule has 0 aliphatic carbocycles. The van der Waals surface area contributed by atoms with Gasteiger partial charge in [-0.15, -0.1) is 0 Å². The van der Waals surface area contributed by atoms with Gasteiger partial charge in [0.2, 0.25) is 5.95 Å². The van der Waals surface area contributed by atoms with Crippen LogP contribution in [0.1, 0.15) is 40.4 Å². The van der Waals surface area contributed by atoms with Crippen molar-refractivity contribution >= 4 is 22.8 Å². The molecule has 4 aromatic carbocycles. The van der Waals surface area contributed by atoms with Crippen LogP contribution >= 0.6 is 0 Å². The Balaban J connectivity index is 1.27. The molecule has 0 bridgehead atoms. The topological polar surface area (TPSA) is 74.0 Å². The molecule has 0 radical (unpaired) electrons. The lowest BCUT2D eigenvalue weighted by Crippen LogP contribution is -2.38. The second-order valence-corrected chi connectivity index (χ2v) is 10.1. The summed E-state index contributed by atoms with van der Waals surface area (Å²) in [4.78, 5) is 16.9. The number of aromatic nitrogens is 4. The number of carbonyl (C=O) groups excluding carboxylic acids is 1. The van der Waals surface area contributed by atoms with Crippen molar-refractivity contribution in [2.75, 3.05) is 18.5 Å². The molecule has 0 aliphatic heterocycles. The van der Waals surface area contributed by atoms with Gasteiger partial charge in [-0.25, -0.2) is 9.78 Å². The first kappa shape index (κ1) is 27.0. The maximum absolute atomic E-state index is 12.1. The number of hydrogen-bond donors (Lipinski definition) is 1. The first-order chi connectivity index (χ1) is 20.7. The molecular weight excluding hydrogens is 522 g/mol. The molecule has 0 saturated carbocycles. The van der Waals surface area contributed by atoms with Crippen LogP contribution in [0.5, 0.6) is 0 Å². The summed E-state index contributed by atoms with van der Waals surface area (Å²) in [6, 6.07) is 37.3. The fourth-order valence-electron chi connectivity index (χ4n) is 5.70. The van der Waals surface area contributed by atoms with Gasteiger partial charge in [0.25, 0.3) is 0 Å². The van der Waals surface area contributed by atoms with Crippen LogP contribution in [0.2, 0.25) is 0 Å². The summed E-state index contributed by atoms with van der Waals surface area (Å²) in [5.74, 6) is 0.473. The van der Waals surface area contributed by atoms with Crippen LogP contribution in [0.3, 0.4) is 0 Å². The lowest BCUT2D eigenvalue weighted by Gasteiger charge is -2.38. The molecule has 210 valence electrons. The maximum atomic E-state index is 12.1. The fourth-order valence-corrected chi connectivity index (χ4v) is 5.70. The molecule has 0 aliphatic rings. The van der Waals surface area contributed by atoms with E-state index in [-0.39, 0.29) is 5.97 Å². The quantitative estimate of drug-likeness (QED) is 0.109. The summed E-state index contributed by atoms with van der Waals surface area (Å²) in [5, 5.41) is 9.09. The number of benzene rings is 4. The SMILES string of the molecule is CCOC(=O)c1ccc2c(cnn2CCCNc2nccn2C(c2ccccc2)(c2ccccc2)c2ccccc2)c1. The molecule has 7 nitrogen and oxygen atoms in total. The van der Waals surface area contributed by atoms with Crippen LogP contribution in [0.15, 0.2) is 128 Å². The van der Waals surface area contributed by atoms with E-state index < -0.39 is 5.54 Å². The van der Waals surface area contributed by atoms with Crippen LogP contribution in [0.4, 0.5) is 5.95 Å². The summed E-state index contributed by atoms with van der Waals surface area (Å²) in [6.45, 7) is 3.58. The number of imidazole rings is 1. The molecule has 0 atom stereocenters. The van der Waals surface area contributed by atoms with E-state index in [0.29, 0.717) is 18.7 Å². The largest absolute Gasteiger partial charge is 0.462 e. The Morgan fingerprint density at radius 1 is 0.857 bits per heavy atom. The first-order valence-electron chi connectivity index (χ1n) is 14.3. The summed E-state index contributed by atoms with van der Waals surface area (Å²) in [6.07, 6.45) is 6.54. The third-order valence-corrected chi connectivity index (χ3v) is 7.56. The summed E-state index contributed by atoms with van der Waals surface area (Å²) >= 11 is 0. The third-order valence-electron chi connectivity index (χ3n) is 7.56. The Kier molecular flexibility index (Phi) is 7.81. The smallest absolute Gasteiger partial charge is 0.338 e. The zero-order chi connectivity index (χ0) is 28.8. The van der Waals surface area contributed by atoms with E-state index in [2.05, 4.69) is 94.0 Å². The molecule has 0 saturated heterocycles. The Morgan fingerprint density at radius 2 is 1.48 bits per heavy atom. The van der Waals surface area contributed by atoms with Gasteiger partial charge in [0.15, 0.2) is 0 Å². The van der Waals surface area contributed by atoms with Gasteiger partial charge < -0.3 is 10.1 Å². The van der Waals surface area contributed by atoms with Gasteiger partial charge >= 0.3 is 5.97 Å². The average molecular weight is 556 g/mol. The Labute approximate surface area is 245 Å². The van der Waals surface area contributed by atoms with E-state index in [0.717, 1.165) is 46.5 Å². The van der Waals surface area contributed by atoms with E-state index in [9.17, 15) is 4.79 Å². The minimum absolute atomic E-state index is 0.315. The Morgan fingerprint density at radius 3 is 2.07 bits per heavy atom. The van der Waals surface area contributed by atoms with Crippen molar-refractivity contribution in [3.8, 4) is 0 Å². The normalized spacial score (nSPS) is 11.5. The highest BCUT2D eigenvalue weighted by Gasteiger charge is 2.39. The highest BCUT2D eigenvalue weighted by molar-refractivity contribution is 5.94. The number of carbonyl (C=O) groups is 1. The number of nitrogens with zero attached hydrogens (tertiary/aromatic N) is 4. The predicted octanol–water partition coefficient (Wildman–Crippen LogP) is 6.75. The second kappa shape index (κ2) is 12.1. The van der Waals surface area contributed by atoms with E-state index >= 15 is 0 Å². The molecule has 2 heterocycles. The highest BCUT2D eigenvalue weighted by atomic mass is 16.5. The second-order valence-electron chi connectivity index (χ2n) is 10.1. The van der Waals surface area contributed by atoms with Crippen molar-refractivity contribution < 1.29 is 9.53 Å². The fraction of sp³-hybridized carbons (Fsp3) is 0.171. The van der Waals surface area contributed by atoms with E-state index in [1.807, 2.05) is 41.2 Å². The lowest BCUT2D eigenvalue weighted by atomic mass is 9.76. The number of aryl methyl sites for hydroxylation is 1. The Hall–Kier alpha value is -5.17. The minimum atomic E-state index is -0.628. The van der Waals surface area contributed by atoms with Gasteiger partial charge in [-0.05, 0) is 48.2 Å². The number of anilines is 1. The molecule has 0 spiro atoms. The van der Waals surface area contributed by atoms with Crippen molar-refractivity contribution in [2.45, 2.75) is 25.4 Å². The van der Waals surface area contributed by atoms with Gasteiger partial charge in [0, 0.05) is 30.9 Å². The summed E-state index contributed by atoms with van der Waals surface area (Å²) < 4.78 is 9.35. The zero-order valence-electron chi connectivity index (χ0n) is 23.6. The standard InChI is InChI=1S/C35H33N5O2/c1-2-42-33(41)27-19-20-32-28(25-27)26-38-40(32)23-12-21-36-34-37-22-24-39(34)35(29-13-6-3-7-14-29,30-15-8-4-9-16-30)31-17-10-5-11-18-31/h3-11,13-20,22,24-26H,2,12,21,23H2,1H3,(H,36,37). The number of fused-ring (bicyclic) bond motifs is 1. The van der Waals surface area contributed by atoms with E-state index in [1.165, 1.54) is 0 Å². The monoisotopic (exact) mass is 555 g/mol. The molecule has 0 fully saturated rings. The molecule has 0 amide bonds. The third kappa shape index (κ3) is 5.05. The van der Waals surface area contributed by atoms with Gasteiger partial charge in [-0.1, -0.05) is 91.0 Å². The highest BCUT2D eigenvalue weighted by Crippen LogP contribution is 2.42. The van der Waals surface area contributed by atoms with Crippen molar-refractivity contribution in [3.63, 3.8) is 0 Å². The maximum Gasteiger partial charge on any atom is 0.338 e. The molecule has 1 N–H and O–H groups in total. The van der Waals surface area contributed by atoms with Crippen LogP contribution < -0.4 is 5.32 Å². The van der Waals surface area contributed by atoms with Gasteiger partial charge in [0.1, 0.15) is 5.54 Å². The molecule has 7 heteroatoms. The number of esters is 1. The van der Waals surface area contributed by atoms with E-state index in [4.69, 9.17) is 9.72 Å². The number of rotatable bonds is 11. The minimum Gasteiger partial charge on any atom is -0.462 e. The summed E-state index contributed by atoms with van der Waals surface area (Å²) in [7, 11) is 0. The number of nitrogens with one attached hydrogen (secondary N) is 1. The molecule has 2 aromatic heterocycles.